The Hall–Kier alpha value is -1.09. The second-order valence-electron chi connectivity index (χ2n) is 4.03. The van der Waals surface area contributed by atoms with Gasteiger partial charge >= 0.3 is 0 Å². The summed E-state index contributed by atoms with van der Waals surface area (Å²) in [5.74, 6) is 0. The summed E-state index contributed by atoms with van der Waals surface area (Å²) in [6.07, 6.45) is 6.66. The molecule has 0 radical (unpaired) electrons. The zero-order chi connectivity index (χ0) is 11.3. The van der Waals surface area contributed by atoms with Crippen LogP contribution < -0.4 is 5.73 Å². The number of hydrogen-bond donors (Lipinski definition) is 1. The molecule has 0 amide bonds. The molecule has 3 nitrogen and oxygen atoms in total. The van der Waals surface area contributed by atoms with E-state index in [1.165, 1.54) is 0 Å². The molecule has 0 aliphatic carbocycles. The van der Waals surface area contributed by atoms with Crippen molar-refractivity contribution in [2.24, 2.45) is 5.73 Å². The summed E-state index contributed by atoms with van der Waals surface area (Å²) in [4.78, 5) is 0. The van der Waals surface area contributed by atoms with E-state index in [0.29, 0.717) is 6.04 Å². The van der Waals surface area contributed by atoms with Crippen molar-refractivity contribution in [1.82, 2.24) is 9.78 Å². The molecule has 2 unspecified atom stereocenters. The molecule has 1 aromatic rings. The third-order valence-corrected chi connectivity index (χ3v) is 2.65. The highest BCUT2D eigenvalue weighted by molar-refractivity contribution is 5.02. The Morgan fingerprint density at radius 1 is 1.67 bits per heavy atom. The largest absolute Gasteiger partial charge is 0.327 e. The van der Waals surface area contributed by atoms with E-state index < -0.39 is 0 Å². The second kappa shape index (κ2) is 5.71. The van der Waals surface area contributed by atoms with Crippen molar-refractivity contribution >= 4 is 0 Å². The van der Waals surface area contributed by atoms with Gasteiger partial charge in [0.15, 0.2) is 0 Å². The quantitative estimate of drug-likeness (QED) is 0.727. The third-order valence-electron chi connectivity index (χ3n) is 2.65. The van der Waals surface area contributed by atoms with Gasteiger partial charge in [-0.3, -0.25) is 4.68 Å². The van der Waals surface area contributed by atoms with Gasteiger partial charge in [0.2, 0.25) is 0 Å². The van der Waals surface area contributed by atoms with Gasteiger partial charge in [0, 0.05) is 24.7 Å². The minimum Gasteiger partial charge on any atom is -0.327 e. The van der Waals surface area contributed by atoms with Crippen LogP contribution in [0, 0.1) is 0 Å². The van der Waals surface area contributed by atoms with Gasteiger partial charge in [0.05, 0.1) is 5.69 Å². The average molecular weight is 207 g/mol. The molecular formula is C12H21N3. The minimum absolute atomic E-state index is 0.141. The van der Waals surface area contributed by atoms with Crippen LogP contribution in [0.15, 0.2) is 24.9 Å². The first-order valence-electron chi connectivity index (χ1n) is 5.57. The molecule has 15 heavy (non-hydrogen) atoms. The Labute approximate surface area is 92.0 Å². The van der Waals surface area contributed by atoms with Crippen molar-refractivity contribution in [1.29, 1.82) is 0 Å². The van der Waals surface area contributed by atoms with Crippen molar-refractivity contribution in [3.63, 3.8) is 0 Å². The Morgan fingerprint density at radius 2 is 2.40 bits per heavy atom. The first-order valence-corrected chi connectivity index (χ1v) is 5.57. The molecule has 0 aliphatic heterocycles. The van der Waals surface area contributed by atoms with Crippen molar-refractivity contribution in [2.75, 3.05) is 0 Å². The number of aromatic nitrogens is 2. The fourth-order valence-corrected chi connectivity index (χ4v) is 1.48. The molecule has 0 bridgehead atoms. The minimum atomic E-state index is 0.141. The predicted octanol–water partition coefficient (Wildman–Crippen LogP) is 2.30. The molecule has 0 spiro atoms. The molecule has 2 atom stereocenters. The maximum absolute atomic E-state index is 5.91. The van der Waals surface area contributed by atoms with E-state index in [4.69, 9.17) is 5.73 Å². The zero-order valence-electron chi connectivity index (χ0n) is 9.69. The summed E-state index contributed by atoms with van der Waals surface area (Å²) in [7, 11) is 0. The van der Waals surface area contributed by atoms with E-state index in [2.05, 4.69) is 31.6 Å². The zero-order valence-corrected chi connectivity index (χ0v) is 9.69. The first-order chi connectivity index (χ1) is 7.17. The summed E-state index contributed by atoms with van der Waals surface area (Å²) in [6, 6.07) is 2.66. The van der Waals surface area contributed by atoms with Crippen molar-refractivity contribution in [3.8, 4) is 0 Å². The van der Waals surface area contributed by atoms with Crippen LogP contribution in [0.1, 0.15) is 38.4 Å². The summed E-state index contributed by atoms with van der Waals surface area (Å²) in [5.41, 5.74) is 6.99. The van der Waals surface area contributed by atoms with Crippen LogP contribution in [-0.2, 0) is 6.42 Å². The molecular weight excluding hydrogens is 186 g/mol. The van der Waals surface area contributed by atoms with Gasteiger partial charge in [0.25, 0.3) is 0 Å². The molecule has 1 heterocycles. The van der Waals surface area contributed by atoms with Gasteiger partial charge in [-0.1, -0.05) is 13.0 Å². The van der Waals surface area contributed by atoms with E-state index in [0.717, 1.165) is 25.0 Å². The lowest BCUT2D eigenvalue weighted by Gasteiger charge is -2.09. The lowest BCUT2D eigenvalue weighted by atomic mass is 10.1. The molecule has 0 saturated carbocycles. The topological polar surface area (TPSA) is 43.8 Å². The predicted molar refractivity (Wildman–Crippen MR) is 63.7 cm³/mol. The van der Waals surface area contributed by atoms with E-state index in [9.17, 15) is 0 Å². The van der Waals surface area contributed by atoms with Crippen LogP contribution in [0.25, 0.3) is 0 Å². The molecule has 3 heteroatoms. The first kappa shape index (κ1) is 12.0. The van der Waals surface area contributed by atoms with Gasteiger partial charge in [-0.05, 0) is 25.8 Å². The fourth-order valence-electron chi connectivity index (χ4n) is 1.48. The smallest absolute Gasteiger partial charge is 0.0640 e. The molecule has 0 aliphatic rings. The Bertz CT molecular complexity index is 304. The summed E-state index contributed by atoms with van der Waals surface area (Å²) >= 11 is 0. The summed E-state index contributed by atoms with van der Waals surface area (Å²) in [6.45, 7) is 8.01. The maximum Gasteiger partial charge on any atom is 0.0640 e. The highest BCUT2D eigenvalue weighted by atomic mass is 15.3. The van der Waals surface area contributed by atoms with Crippen molar-refractivity contribution in [3.05, 3.63) is 30.6 Å². The average Bonchev–Trinajstić information content (AvgIpc) is 2.65. The van der Waals surface area contributed by atoms with E-state index >= 15 is 0 Å². The number of rotatable bonds is 6. The van der Waals surface area contributed by atoms with Gasteiger partial charge in [-0.2, -0.15) is 5.10 Å². The van der Waals surface area contributed by atoms with E-state index in [1.807, 2.05) is 17.0 Å². The molecule has 84 valence electrons. The van der Waals surface area contributed by atoms with E-state index in [-0.39, 0.29) is 6.04 Å². The SMILES string of the molecule is C=CCC(N)Cc1ccn(C(C)CC)n1. The van der Waals surface area contributed by atoms with Crippen molar-refractivity contribution in [2.45, 2.75) is 45.2 Å². The normalized spacial score (nSPS) is 14.9. The summed E-state index contributed by atoms with van der Waals surface area (Å²) < 4.78 is 2.01. The molecule has 2 N–H and O–H groups in total. The highest BCUT2D eigenvalue weighted by Gasteiger charge is 2.07. The van der Waals surface area contributed by atoms with Crippen molar-refractivity contribution < 1.29 is 0 Å². The second-order valence-corrected chi connectivity index (χ2v) is 4.03. The lowest BCUT2D eigenvalue weighted by Crippen LogP contribution is -2.22. The maximum atomic E-state index is 5.91. The third kappa shape index (κ3) is 3.51. The van der Waals surface area contributed by atoms with Crippen LogP contribution in [-0.4, -0.2) is 15.8 Å². The van der Waals surface area contributed by atoms with Crippen LogP contribution >= 0.6 is 0 Å². The van der Waals surface area contributed by atoms with Crippen LogP contribution in [0.2, 0.25) is 0 Å². The Kier molecular flexibility index (Phi) is 4.56. The molecule has 0 fully saturated rings. The van der Waals surface area contributed by atoms with Gasteiger partial charge in [-0.25, -0.2) is 0 Å². The molecule has 0 saturated heterocycles. The van der Waals surface area contributed by atoms with Gasteiger partial charge in [-0.15, -0.1) is 6.58 Å². The number of hydrogen-bond acceptors (Lipinski definition) is 2. The number of nitrogens with zero attached hydrogens (tertiary/aromatic N) is 2. The summed E-state index contributed by atoms with van der Waals surface area (Å²) in [5, 5.41) is 4.51. The molecule has 1 rings (SSSR count). The van der Waals surface area contributed by atoms with Gasteiger partial charge < -0.3 is 5.73 Å². The van der Waals surface area contributed by atoms with Gasteiger partial charge in [0.1, 0.15) is 0 Å². The van der Waals surface area contributed by atoms with E-state index in [1.54, 1.807) is 0 Å². The lowest BCUT2D eigenvalue weighted by molar-refractivity contribution is 0.471. The molecule has 1 aromatic heterocycles. The number of nitrogens with two attached hydrogens (primary N) is 1. The highest BCUT2D eigenvalue weighted by Crippen LogP contribution is 2.10. The monoisotopic (exact) mass is 207 g/mol. The van der Waals surface area contributed by atoms with Crippen LogP contribution in [0.3, 0.4) is 0 Å². The Balaban J connectivity index is 2.56. The standard InChI is InChI=1S/C12H21N3/c1-4-6-11(13)9-12-7-8-15(14-12)10(3)5-2/h4,7-8,10-11H,1,5-6,9,13H2,2-3H3. The Morgan fingerprint density at radius 3 is 3.00 bits per heavy atom. The van der Waals surface area contributed by atoms with Crippen LogP contribution in [0.4, 0.5) is 0 Å². The molecule has 0 aromatic carbocycles. The van der Waals surface area contributed by atoms with Crippen LogP contribution in [0.5, 0.6) is 0 Å². The fraction of sp³-hybridized carbons (Fsp3) is 0.583.